The first kappa shape index (κ1) is 22.1. The number of hydrogen-bond acceptors (Lipinski definition) is 5. The first-order chi connectivity index (χ1) is 15.8. The highest BCUT2D eigenvalue weighted by molar-refractivity contribution is 6.36. The van der Waals surface area contributed by atoms with Crippen LogP contribution in [0.25, 0.3) is 10.8 Å². The van der Waals surface area contributed by atoms with E-state index in [0.29, 0.717) is 56.5 Å². The lowest BCUT2D eigenvalue weighted by Crippen LogP contribution is -2.41. The SMILES string of the molecule is Cc1cc(N(C)C=O)c(N(C)C)cc1N1C(=O)c2cccc3c(C#CCO)ccc(c23)C1=O. The van der Waals surface area contributed by atoms with Crippen molar-refractivity contribution < 1.29 is 19.5 Å². The Bertz CT molecular complexity index is 1360. The molecule has 0 atom stereocenters. The minimum absolute atomic E-state index is 0.280. The van der Waals surface area contributed by atoms with Crippen LogP contribution >= 0.6 is 0 Å². The molecule has 7 nitrogen and oxygen atoms in total. The molecule has 7 heteroatoms. The van der Waals surface area contributed by atoms with Crippen LogP contribution in [0.15, 0.2) is 42.5 Å². The molecule has 0 spiro atoms. The molecule has 4 rings (SSSR count). The Balaban J connectivity index is 1.93. The van der Waals surface area contributed by atoms with Gasteiger partial charge in [0.05, 0.1) is 17.1 Å². The van der Waals surface area contributed by atoms with E-state index in [1.807, 2.05) is 25.1 Å². The molecular formula is C26H23N3O4. The van der Waals surface area contributed by atoms with Crippen LogP contribution in [0.4, 0.5) is 17.1 Å². The minimum Gasteiger partial charge on any atom is -0.384 e. The molecule has 0 bridgehead atoms. The van der Waals surface area contributed by atoms with E-state index in [1.54, 1.807) is 50.4 Å². The maximum Gasteiger partial charge on any atom is 0.265 e. The van der Waals surface area contributed by atoms with Crippen LogP contribution in [0.1, 0.15) is 31.8 Å². The molecule has 0 unspecified atom stereocenters. The molecule has 0 fully saturated rings. The van der Waals surface area contributed by atoms with Crippen molar-refractivity contribution in [1.29, 1.82) is 0 Å². The average molecular weight is 441 g/mol. The third kappa shape index (κ3) is 3.51. The molecule has 166 valence electrons. The molecule has 0 aliphatic carbocycles. The molecule has 3 aromatic rings. The Morgan fingerprint density at radius 1 is 1.00 bits per heavy atom. The van der Waals surface area contributed by atoms with Crippen molar-refractivity contribution in [3.63, 3.8) is 0 Å². The number of nitrogens with zero attached hydrogens (tertiary/aromatic N) is 3. The molecular weight excluding hydrogens is 418 g/mol. The van der Waals surface area contributed by atoms with Crippen LogP contribution in [0.5, 0.6) is 0 Å². The number of carbonyl (C=O) groups is 3. The summed E-state index contributed by atoms with van der Waals surface area (Å²) in [7, 11) is 5.32. The van der Waals surface area contributed by atoms with E-state index >= 15 is 0 Å². The predicted octanol–water partition coefficient (Wildman–Crippen LogP) is 2.95. The lowest BCUT2D eigenvalue weighted by Gasteiger charge is -2.31. The Hall–Kier alpha value is -4.15. The summed E-state index contributed by atoms with van der Waals surface area (Å²) < 4.78 is 0. The summed E-state index contributed by atoms with van der Waals surface area (Å²) in [6.45, 7) is 1.53. The van der Waals surface area contributed by atoms with Crippen LogP contribution in [-0.4, -0.2) is 51.1 Å². The third-order valence-corrected chi connectivity index (χ3v) is 5.76. The van der Waals surface area contributed by atoms with Gasteiger partial charge in [-0.25, -0.2) is 4.90 Å². The van der Waals surface area contributed by atoms with Gasteiger partial charge in [-0.05, 0) is 48.2 Å². The average Bonchev–Trinajstić information content (AvgIpc) is 2.81. The van der Waals surface area contributed by atoms with E-state index in [4.69, 9.17) is 5.11 Å². The number of aliphatic hydroxyl groups excluding tert-OH is 1. The van der Waals surface area contributed by atoms with Gasteiger partial charge in [-0.3, -0.25) is 14.4 Å². The van der Waals surface area contributed by atoms with Crippen molar-refractivity contribution in [2.45, 2.75) is 6.92 Å². The van der Waals surface area contributed by atoms with Gasteiger partial charge in [0.1, 0.15) is 6.61 Å². The molecule has 0 aromatic heterocycles. The van der Waals surface area contributed by atoms with Crippen molar-refractivity contribution in [2.24, 2.45) is 0 Å². The fourth-order valence-electron chi connectivity index (χ4n) is 4.17. The zero-order chi connectivity index (χ0) is 23.9. The molecule has 1 aliphatic rings. The first-order valence-electron chi connectivity index (χ1n) is 10.3. The van der Waals surface area contributed by atoms with Gasteiger partial charge in [0.15, 0.2) is 0 Å². The Morgan fingerprint density at radius 2 is 1.70 bits per heavy atom. The summed E-state index contributed by atoms with van der Waals surface area (Å²) in [5.74, 6) is 4.67. The molecule has 1 heterocycles. The maximum absolute atomic E-state index is 13.6. The van der Waals surface area contributed by atoms with Crippen LogP contribution in [0.2, 0.25) is 0 Å². The molecule has 1 aliphatic heterocycles. The van der Waals surface area contributed by atoms with Gasteiger partial charge in [-0.15, -0.1) is 0 Å². The number of aliphatic hydroxyl groups is 1. The van der Waals surface area contributed by atoms with E-state index < -0.39 is 11.8 Å². The second kappa shape index (κ2) is 8.41. The Kier molecular flexibility index (Phi) is 5.62. The van der Waals surface area contributed by atoms with Crippen molar-refractivity contribution in [3.05, 3.63) is 64.7 Å². The highest BCUT2D eigenvalue weighted by atomic mass is 16.2. The standard InChI is InChI=1S/C26H23N3O4/c1-16-13-23(28(4)15-31)22(27(2)3)14-21(16)29-25(32)19-9-5-8-18-17(7-6-12-30)10-11-20(24(18)19)26(29)33/h5,8-11,13-15,30H,12H2,1-4H3. The zero-order valence-electron chi connectivity index (χ0n) is 18.8. The zero-order valence-corrected chi connectivity index (χ0v) is 18.8. The summed E-state index contributed by atoms with van der Waals surface area (Å²) in [5, 5.41) is 10.3. The topological polar surface area (TPSA) is 81.2 Å². The lowest BCUT2D eigenvalue weighted by atomic mass is 9.90. The molecule has 0 radical (unpaired) electrons. The smallest absolute Gasteiger partial charge is 0.265 e. The highest BCUT2D eigenvalue weighted by Gasteiger charge is 2.35. The fourth-order valence-corrected chi connectivity index (χ4v) is 4.17. The molecule has 3 aromatic carbocycles. The maximum atomic E-state index is 13.6. The number of rotatable bonds is 4. The van der Waals surface area contributed by atoms with Gasteiger partial charge in [0.2, 0.25) is 6.41 Å². The van der Waals surface area contributed by atoms with Gasteiger partial charge >= 0.3 is 0 Å². The monoisotopic (exact) mass is 441 g/mol. The van der Waals surface area contributed by atoms with Crippen LogP contribution in [0, 0.1) is 18.8 Å². The van der Waals surface area contributed by atoms with Crippen LogP contribution < -0.4 is 14.7 Å². The Morgan fingerprint density at radius 3 is 2.33 bits per heavy atom. The van der Waals surface area contributed by atoms with Gasteiger partial charge in [0, 0.05) is 43.2 Å². The lowest BCUT2D eigenvalue weighted by molar-refractivity contribution is -0.107. The fraction of sp³-hybridized carbons (Fsp3) is 0.192. The van der Waals surface area contributed by atoms with Crippen LogP contribution in [-0.2, 0) is 4.79 Å². The predicted molar refractivity (Wildman–Crippen MR) is 129 cm³/mol. The van der Waals surface area contributed by atoms with Gasteiger partial charge in [-0.1, -0.05) is 24.0 Å². The van der Waals surface area contributed by atoms with Gasteiger partial charge in [0.25, 0.3) is 11.8 Å². The summed E-state index contributed by atoms with van der Waals surface area (Å²) in [6.07, 6.45) is 0.715. The van der Waals surface area contributed by atoms with E-state index in [2.05, 4.69) is 11.8 Å². The minimum atomic E-state index is -0.422. The number of amides is 3. The molecule has 0 saturated heterocycles. The third-order valence-electron chi connectivity index (χ3n) is 5.76. The van der Waals surface area contributed by atoms with E-state index in [1.165, 1.54) is 9.80 Å². The number of anilines is 3. The van der Waals surface area contributed by atoms with Crippen molar-refractivity contribution in [2.75, 3.05) is 42.4 Å². The van der Waals surface area contributed by atoms with Crippen molar-refractivity contribution >= 4 is 46.1 Å². The number of carbonyl (C=O) groups excluding carboxylic acids is 3. The summed E-state index contributed by atoms with van der Waals surface area (Å²) >= 11 is 0. The summed E-state index contributed by atoms with van der Waals surface area (Å²) in [5.41, 5.74) is 3.98. The first-order valence-corrected chi connectivity index (χ1v) is 10.3. The Labute approximate surface area is 191 Å². The quantitative estimate of drug-likeness (QED) is 0.383. The highest BCUT2D eigenvalue weighted by Crippen LogP contribution is 2.39. The van der Waals surface area contributed by atoms with Gasteiger partial charge < -0.3 is 14.9 Å². The van der Waals surface area contributed by atoms with E-state index in [0.717, 1.165) is 0 Å². The normalized spacial score (nSPS) is 12.5. The van der Waals surface area contributed by atoms with E-state index in [-0.39, 0.29) is 6.61 Å². The molecule has 0 saturated carbocycles. The van der Waals surface area contributed by atoms with Gasteiger partial charge in [-0.2, -0.15) is 0 Å². The van der Waals surface area contributed by atoms with E-state index in [9.17, 15) is 14.4 Å². The molecule has 3 amide bonds. The summed E-state index contributed by atoms with van der Waals surface area (Å²) in [6, 6.07) is 12.2. The molecule has 1 N–H and O–H groups in total. The molecule has 33 heavy (non-hydrogen) atoms. The number of benzene rings is 3. The van der Waals surface area contributed by atoms with Crippen molar-refractivity contribution in [1.82, 2.24) is 0 Å². The van der Waals surface area contributed by atoms with Crippen molar-refractivity contribution in [3.8, 4) is 11.8 Å². The second-order valence-corrected chi connectivity index (χ2v) is 8.03. The number of aryl methyl sites for hydroxylation is 1. The summed E-state index contributed by atoms with van der Waals surface area (Å²) in [4.78, 5) is 43.1. The second-order valence-electron chi connectivity index (χ2n) is 8.03. The largest absolute Gasteiger partial charge is 0.384 e. The number of hydrogen-bond donors (Lipinski definition) is 1. The van der Waals surface area contributed by atoms with Crippen LogP contribution in [0.3, 0.4) is 0 Å². The number of imide groups is 1.